The molecule has 0 atom stereocenters. The Morgan fingerprint density at radius 1 is 1.08 bits per heavy atom. The molecular formula is C19H18N4O. The van der Waals surface area contributed by atoms with Crippen molar-refractivity contribution in [3.8, 4) is 11.3 Å². The number of nitrogens with one attached hydrogen (secondary N) is 1. The van der Waals surface area contributed by atoms with Crippen LogP contribution in [0.4, 0.5) is 5.82 Å². The van der Waals surface area contributed by atoms with Crippen molar-refractivity contribution in [3.63, 3.8) is 0 Å². The zero-order valence-electron chi connectivity index (χ0n) is 13.7. The number of fused-ring (bicyclic) bond motifs is 1. The van der Waals surface area contributed by atoms with Crippen molar-refractivity contribution in [2.24, 2.45) is 0 Å². The predicted octanol–water partition coefficient (Wildman–Crippen LogP) is 4.16. The SMILES string of the molecule is Cc1nc(N(C)Cc2ccco2)c2[nH]c(-c3ccccc3)cc2n1. The minimum Gasteiger partial charge on any atom is -0.467 e. The second-order valence-electron chi connectivity index (χ2n) is 5.84. The molecule has 24 heavy (non-hydrogen) atoms. The number of hydrogen-bond acceptors (Lipinski definition) is 4. The standard InChI is InChI=1S/C19H18N4O/c1-13-20-17-11-16(14-7-4-3-5-8-14)22-18(17)19(21-13)23(2)12-15-9-6-10-24-15/h3-11,22H,12H2,1-2H3. The number of aromatic amines is 1. The highest BCUT2D eigenvalue weighted by molar-refractivity contribution is 5.90. The van der Waals surface area contributed by atoms with Crippen molar-refractivity contribution in [2.45, 2.75) is 13.5 Å². The summed E-state index contributed by atoms with van der Waals surface area (Å²) in [4.78, 5) is 14.7. The van der Waals surface area contributed by atoms with Crippen LogP contribution in [0, 0.1) is 6.92 Å². The van der Waals surface area contributed by atoms with E-state index in [4.69, 9.17) is 4.42 Å². The van der Waals surface area contributed by atoms with E-state index in [2.05, 4.69) is 38.1 Å². The van der Waals surface area contributed by atoms with Crippen LogP contribution in [0.5, 0.6) is 0 Å². The summed E-state index contributed by atoms with van der Waals surface area (Å²) >= 11 is 0. The molecule has 0 saturated carbocycles. The molecular weight excluding hydrogens is 300 g/mol. The molecule has 120 valence electrons. The molecule has 0 spiro atoms. The van der Waals surface area contributed by atoms with E-state index in [1.54, 1.807) is 6.26 Å². The van der Waals surface area contributed by atoms with Gasteiger partial charge in [-0.3, -0.25) is 0 Å². The molecule has 0 aliphatic rings. The maximum Gasteiger partial charge on any atom is 0.156 e. The predicted molar refractivity (Wildman–Crippen MR) is 94.9 cm³/mol. The van der Waals surface area contributed by atoms with Gasteiger partial charge in [0.1, 0.15) is 17.1 Å². The molecule has 0 aliphatic carbocycles. The van der Waals surface area contributed by atoms with E-state index in [0.717, 1.165) is 39.7 Å². The molecule has 1 aromatic carbocycles. The first-order valence-electron chi connectivity index (χ1n) is 7.87. The minimum atomic E-state index is 0.651. The van der Waals surface area contributed by atoms with Crippen LogP contribution < -0.4 is 4.90 Å². The average Bonchev–Trinajstić information content (AvgIpc) is 3.24. The zero-order valence-corrected chi connectivity index (χ0v) is 13.7. The van der Waals surface area contributed by atoms with Gasteiger partial charge in [-0.05, 0) is 30.7 Å². The van der Waals surface area contributed by atoms with Crippen molar-refractivity contribution in [3.05, 3.63) is 66.4 Å². The summed E-state index contributed by atoms with van der Waals surface area (Å²) in [6.45, 7) is 2.57. The molecule has 3 heterocycles. The lowest BCUT2D eigenvalue weighted by atomic mass is 10.2. The molecule has 0 fully saturated rings. The van der Waals surface area contributed by atoms with Crippen LogP contribution in [0.25, 0.3) is 22.3 Å². The highest BCUT2D eigenvalue weighted by atomic mass is 16.3. The largest absolute Gasteiger partial charge is 0.467 e. The number of benzene rings is 1. The van der Waals surface area contributed by atoms with Gasteiger partial charge >= 0.3 is 0 Å². The van der Waals surface area contributed by atoms with Crippen LogP contribution in [-0.2, 0) is 6.54 Å². The van der Waals surface area contributed by atoms with Gasteiger partial charge in [0.25, 0.3) is 0 Å². The van der Waals surface area contributed by atoms with Crippen molar-refractivity contribution >= 4 is 16.9 Å². The Morgan fingerprint density at radius 2 is 1.92 bits per heavy atom. The summed E-state index contributed by atoms with van der Waals surface area (Å²) in [5, 5.41) is 0. The Balaban J connectivity index is 1.78. The van der Waals surface area contributed by atoms with Gasteiger partial charge in [0.05, 0.1) is 18.3 Å². The summed E-state index contributed by atoms with van der Waals surface area (Å²) in [7, 11) is 2.01. The Bertz CT molecular complexity index is 958. The zero-order chi connectivity index (χ0) is 16.5. The number of anilines is 1. The maximum absolute atomic E-state index is 5.45. The van der Waals surface area contributed by atoms with E-state index in [9.17, 15) is 0 Å². The van der Waals surface area contributed by atoms with Crippen LogP contribution in [0.2, 0.25) is 0 Å². The number of furan rings is 1. The Kier molecular flexibility index (Phi) is 3.54. The van der Waals surface area contributed by atoms with Gasteiger partial charge in [0, 0.05) is 12.7 Å². The summed E-state index contributed by atoms with van der Waals surface area (Å²) < 4.78 is 5.45. The molecule has 0 saturated heterocycles. The van der Waals surface area contributed by atoms with Gasteiger partial charge in [0.15, 0.2) is 5.82 Å². The normalized spacial score (nSPS) is 11.1. The van der Waals surface area contributed by atoms with E-state index < -0.39 is 0 Å². The van der Waals surface area contributed by atoms with E-state index in [-0.39, 0.29) is 0 Å². The summed E-state index contributed by atoms with van der Waals surface area (Å²) in [5.41, 5.74) is 4.03. The summed E-state index contributed by atoms with van der Waals surface area (Å²) in [6.07, 6.45) is 1.69. The van der Waals surface area contributed by atoms with Crippen LogP contribution in [-0.4, -0.2) is 22.0 Å². The summed E-state index contributed by atoms with van der Waals surface area (Å²) in [5.74, 6) is 2.52. The molecule has 0 unspecified atom stereocenters. The Hall–Kier alpha value is -3.08. The van der Waals surface area contributed by atoms with Gasteiger partial charge in [0.2, 0.25) is 0 Å². The molecule has 4 rings (SSSR count). The fourth-order valence-electron chi connectivity index (χ4n) is 2.87. The molecule has 4 aromatic rings. The second kappa shape index (κ2) is 5.85. The number of aryl methyl sites for hydroxylation is 1. The van der Waals surface area contributed by atoms with Crippen molar-refractivity contribution in [1.29, 1.82) is 0 Å². The molecule has 1 N–H and O–H groups in total. The van der Waals surface area contributed by atoms with E-state index >= 15 is 0 Å². The lowest BCUT2D eigenvalue weighted by molar-refractivity contribution is 0.507. The molecule has 5 nitrogen and oxygen atoms in total. The van der Waals surface area contributed by atoms with Gasteiger partial charge < -0.3 is 14.3 Å². The Labute approximate surface area is 140 Å². The monoisotopic (exact) mass is 318 g/mol. The third-order valence-corrected chi connectivity index (χ3v) is 3.99. The molecule has 0 amide bonds. The third-order valence-electron chi connectivity index (χ3n) is 3.99. The smallest absolute Gasteiger partial charge is 0.156 e. The highest BCUT2D eigenvalue weighted by Gasteiger charge is 2.15. The molecule has 0 aliphatic heterocycles. The van der Waals surface area contributed by atoms with Crippen LogP contribution >= 0.6 is 0 Å². The molecule has 0 radical (unpaired) electrons. The lowest BCUT2D eigenvalue weighted by Gasteiger charge is -2.17. The van der Waals surface area contributed by atoms with E-state index in [0.29, 0.717) is 6.54 Å². The first-order valence-corrected chi connectivity index (χ1v) is 7.87. The highest BCUT2D eigenvalue weighted by Crippen LogP contribution is 2.28. The van der Waals surface area contributed by atoms with Gasteiger partial charge in [-0.15, -0.1) is 0 Å². The number of nitrogens with zero attached hydrogens (tertiary/aromatic N) is 3. The number of hydrogen-bond donors (Lipinski definition) is 1. The average molecular weight is 318 g/mol. The second-order valence-corrected chi connectivity index (χ2v) is 5.84. The quantitative estimate of drug-likeness (QED) is 0.614. The van der Waals surface area contributed by atoms with Crippen LogP contribution in [0.15, 0.2) is 59.2 Å². The fraction of sp³-hybridized carbons (Fsp3) is 0.158. The lowest BCUT2D eigenvalue weighted by Crippen LogP contribution is -2.18. The topological polar surface area (TPSA) is 58.0 Å². The van der Waals surface area contributed by atoms with Gasteiger partial charge in [-0.2, -0.15) is 0 Å². The molecule has 5 heteroatoms. The van der Waals surface area contributed by atoms with Crippen LogP contribution in [0.1, 0.15) is 11.6 Å². The number of aromatic nitrogens is 3. The summed E-state index contributed by atoms with van der Waals surface area (Å²) in [6, 6.07) is 16.2. The first kappa shape index (κ1) is 14.5. The fourth-order valence-corrected chi connectivity index (χ4v) is 2.87. The van der Waals surface area contributed by atoms with Crippen molar-refractivity contribution in [2.75, 3.05) is 11.9 Å². The van der Waals surface area contributed by atoms with Gasteiger partial charge in [-0.25, -0.2) is 9.97 Å². The Morgan fingerprint density at radius 3 is 2.67 bits per heavy atom. The van der Waals surface area contributed by atoms with E-state index in [1.807, 2.05) is 44.3 Å². The third kappa shape index (κ3) is 2.65. The maximum atomic E-state index is 5.45. The van der Waals surface area contributed by atoms with Crippen molar-refractivity contribution in [1.82, 2.24) is 15.0 Å². The van der Waals surface area contributed by atoms with E-state index in [1.165, 1.54) is 0 Å². The van der Waals surface area contributed by atoms with Gasteiger partial charge in [-0.1, -0.05) is 30.3 Å². The van der Waals surface area contributed by atoms with Crippen molar-refractivity contribution < 1.29 is 4.42 Å². The molecule has 3 aromatic heterocycles. The molecule has 0 bridgehead atoms. The minimum absolute atomic E-state index is 0.651. The number of rotatable bonds is 4. The van der Waals surface area contributed by atoms with Crippen LogP contribution in [0.3, 0.4) is 0 Å². The first-order chi connectivity index (χ1) is 11.7. The number of H-pyrrole nitrogens is 1.